The molecule has 3 heterocycles. The number of morpholine rings is 1. The Balaban J connectivity index is 0.00000161. The van der Waals surface area contributed by atoms with Crippen LogP contribution in [0.25, 0.3) is 0 Å². The van der Waals surface area contributed by atoms with Crippen LogP contribution in [-0.2, 0) is 14.9 Å². The molecule has 0 radical (unpaired) electrons. The van der Waals surface area contributed by atoms with Gasteiger partial charge < -0.3 is 10.1 Å². The molecule has 6 nitrogen and oxygen atoms in total. The SMILES string of the molecule is CC1CN(S(=O)(=O)NC2CC3CCC(C2)N3)CC(C)O1.Cl. The molecule has 0 saturated carbocycles. The normalized spacial score (nSPS) is 40.8. The van der Waals surface area contributed by atoms with E-state index in [1.54, 1.807) is 0 Å². The zero-order valence-electron chi connectivity index (χ0n) is 12.6. The van der Waals surface area contributed by atoms with Gasteiger partial charge in [-0.15, -0.1) is 12.4 Å². The van der Waals surface area contributed by atoms with Gasteiger partial charge in [-0.05, 0) is 39.5 Å². The second kappa shape index (κ2) is 6.68. The number of piperidine rings is 1. The fraction of sp³-hybridized carbons (Fsp3) is 1.00. The van der Waals surface area contributed by atoms with Crippen molar-refractivity contribution in [2.45, 2.75) is 69.9 Å². The first-order chi connectivity index (χ1) is 9.42. The molecule has 0 aromatic heterocycles. The van der Waals surface area contributed by atoms with Crippen LogP contribution in [-0.4, -0.2) is 56.1 Å². The Bertz CT molecular complexity index is 440. The lowest BCUT2D eigenvalue weighted by atomic mass is 10.0. The van der Waals surface area contributed by atoms with Crippen LogP contribution in [0.1, 0.15) is 39.5 Å². The summed E-state index contributed by atoms with van der Waals surface area (Å²) in [6.07, 6.45) is 4.08. The second-order valence-electron chi connectivity index (χ2n) is 6.50. The maximum Gasteiger partial charge on any atom is 0.279 e. The van der Waals surface area contributed by atoms with Gasteiger partial charge in [-0.25, -0.2) is 0 Å². The number of nitrogens with zero attached hydrogens (tertiary/aromatic N) is 1. The Labute approximate surface area is 133 Å². The number of halogens is 1. The van der Waals surface area contributed by atoms with Crippen LogP contribution in [0.3, 0.4) is 0 Å². The molecule has 0 amide bonds. The minimum Gasteiger partial charge on any atom is -0.373 e. The molecule has 4 atom stereocenters. The van der Waals surface area contributed by atoms with Gasteiger partial charge in [-0.3, -0.25) is 0 Å². The van der Waals surface area contributed by atoms with Crippen LogP contribution in [0, 0.1) is 0 Å². The summed E-state index contributed by atoms with van der Waals surface area (Å²) in [7, 11) is -3.39. The maximum atomic E-state index is 12.5. The van der Waals surface area contributed by atoms with E-state index in [0.717, 1.165) is 12.8 Å². The third kappa shape index (κ3) is 4.09. The van der Waals surface area contributed by atoms with Gasteiger partial charge >= 0.3 is 0 Å². The summed E-state index contributed by atoms with van der Waals surface area (Å²) in [5.41, 5.74) is 0. The standard InChI is InChI=1S/C13H25N3O3S.ClH/c1-9-7-16(8-10(2)19-9)20(17,18)15-13-5-11-3-4-12(6-13)14-11;/h9-15H,3-8H2,1-2H3;1H. The summed E-state index contributed by atoms with van der Waals surface area (Å²) in [6.45, 7) is 4.72. The van der Waals surface area contributed by atoms with Gasteiger partial charge in [-0.1, -0.05) is 0 Å². The smallest absolute Gasteiger partial charge is 0.279 e. The van der Waals surface area contributed by atoms with Crippen LogP contribution in [0.15, 0.2) is 0 Å². The van der Waals surface area contributed by atoms with E-state index in [9.17, 15) is 8.42 Å². The van der Waals surface area contributed by atoms with E-state index in [-0.39, 0.29) is 30.7 Å². The average molecular weight is 340 g/mol. The van der Waals surface area contributed by atoms with Crippen molar-refractivity contribution in [3.63, 3.8) is 0 Å². The largest absolute Gasteiger partial charge is 0.373 e. The summed E-state index contributed by atoms with van der Waals surface area (Å²) in [5, 5.41) is 3.53. The van der Waals surface area contributed by atoms with Crippen LogP contribution in [0.5, 0.6) is 0 Å². The molecule has 2 bridgehead atoms. The third-order valence-electron chi connectivity index (χ3n) is 4.51. The van der Waals surface area contributed by atoms with Crippen molar-refractivity contribution < 1.29 is 13.2 Å². The number of fused-ring (bicyclic) bond motifs is 2. The zero-order chi connectivity index (χ0) is 14.3. The Hall–Kier alpha value is 0.0800. The van der Waals surface area contributed by atoms with Crippen LogP contribution >= 0.6 is 12.4 Å². The van der Waals surface area contributed by atoms with Gasteiger partial charge in [0.15, 0.2) is 0 Å². The average Bonchev–Trinajstić information content (AvgIpc) is 2.67. The van der Waals surface area contributed by atoms with Crippen molar-refractivity contribution in [2.24, 2.45) is 0 Å². The zero-order valence-corrected chi connectivity index (χ0v) is 14.3. The molecule has 0 aromatic rings. The van der Waals surface area contributed by atoms with Crippen LogP contribution < -0.4 is 10.0 Å². The van der Waals surface area contributed by atoms with E-state index in [2.05, 4.69) is 10.0 Å². The van der Waals surface area contributed by atoms with Crippen molar-refractivity contribution in [2.75, 3.05) is 13.1 Å². The quantitative estimate of drug-likeness (QED) is 0.791. The van der Waals surface area contributed by atoms with E-state index in [0.29, 0.717) is 25.2 Å². The van der Waals surface area contributed by atoms with Gasteiger partial charge in [0.25, 0.3) is 10.2 Å². The number of ether oxygens (including phenoxy) is 1. The first-order valence-electron chi connectivity index (χ1n) is 7.61. The molecule has 3 aliphatic rings. The lowest BCUT2D eigenvalue weighted by molar-refractivity contribution is -0.0445. The molecule has 3 saturated heterocycles. The molecule has 8 heteroatoms. The molecule has 0 spiro atoms. The molecule has 21 heavy (non-hydrogen) atoms. The van der Waals surface area contributed by atoms with Gasteiger partial charge in [0.2, 0.25) is 0 Å². The van der Waals surface area contributed by atoms with Gasteiger partial charge in [0.05, 0.1) is 12.2 Å². The van der Waals surface area contributed by atoms with Crippen molar-refractivity contribution in [1.82, 2.24) is 14.3 Å². The van der Waals surface area contributed by atoms with E-state index >= 15 is 0 Å². The number of hydrogen-bond donors (Lipinski definition) is 2. The number of rotatable bonds is 3. The Morgan fingerprint density at radius 3 is 2.14 bits per heavy atom. The second-order valence-corrected chi connectivity index (χ2v) is 8.21. The monoisotopic (exact) mass is 339 g/mol. The highest BCUT2D eigenvalue weighted by atomic mass is 35.5. The first kappa shape index (κ1) is 17.4. The molecule has 0 aliphatic carbocycles. The molecule has 3 fully saturated rings. The molecule has 124 valence electrons. The summed E-state index contributed by atoms with van der Waals surface area (Å²) < 4.78 is 35.1. The third-order valence-corrected chi connectivity index (χ3v) is 6.12. The minimum atomic E-state index is -3.39. The number of hydrogen-bond acceptors (Lipinski definition) is 4. The van der Waals surface area contributed by atoms with E-state index < -0.39 is 10.2 Å². The van der Waals surface area contributed by atoms with Crippen LogP contribution in [0.4, 0.5) is 0 Å². The number of nitrogens with one attached hydrogen (secondary N) is 2. The molecule has 3 aliphatic heterocycles. The minimum absolute atomic E-state index is 0. The maximum absolute atomic E-state index is 12.5. The Kier molecular flexibility index (Phi) is 5.55. The van der Waals surface area contributed by atoms with Crippen molar-refractivity contribution >= 4 is 22.6 Å². The Morgan fingerprint density at radius 1 is 1.10 bits per heavy atom. The van der Waals surface area contributed by atoms with Gasteiger partial charge in [0, 0.05) is 31.2 Å². The first-order valence-corrected chi connectivity index (χ1v) is 9.05. The highest BCUT2D eigenvalue weighted by Crippen LogP contribution is 2.27. The lowest BCUT2D eigenvalue weighted by Crippen LogP contribution is -2.56. The van der Waals surface area contributed by atoms with Crippen molar-refractivity contribution in [1.29, 1.82) is 0 Å². The lowest BCUT2D eigenvalue weighted by Gasteiger charge is -2.36. The highest BCUT2D eigenvalue weighted by molar-refractivity contribution is 7.87. The van der Waals surface area contributed by atoms with E-state index in [1.165, 1.54) is 17.1 Å². The molecular formula is C13H26ClN3O3S. The fourth-order valence-corrected chi connectivity index (χ4v) is 5.34. The summed E-state index contributed by atoms with van der Waals surface area (Å²) in [5.74, 6) is 0. The van der Waals surface area contributed by atoms with Gasteiger partial charge in [0.1, 0.15) is 0 Å². The fourth-order valence-electron chi connectivity index (χ4n) is 3.77. The van der Waals surface area contributed by atoms with Gasteiger partial charge in [-0.2, -0.15) is 17.4 Å². The summed E-state index contributed by atoms with van der Waals surface area (Å²) >= 11 is 0. The summed E-state index contributed by atoms with van der Waals surface area (Å²) in [4.78, 5) is 0. The van der Waals surface area contributed by atoms with Crippen molar-refractivity contribution in [3.05, 3.63) is 0 Å². The molecular weight excluding hydrogens is 314 g/mol. The molecule has 3 rings (SSSR count). The topological polar surface area (TPSA) is 70.7 Å². The highest BCUT2D eigenvalue weighted by Gasteiger charge is 2.37. The Morgan fingerprint density at radius 2 is 1.62 bits per heavy atom. The molecule has 0 aromatic carbocycles. The van der Waals surface area contributed by atoms with E-state index in [4.69, 9.17) is 4.74 Å². The van der Waals surface area contributed by atoms with Crippen molar-refractivity contribution in [3.8, 4) is 0 Å². The summed E-state index contributed by atoms with van der Waals surface area (Å²) in [6, 6.07) is 1.06. The molecule has 4 unspecified atom stereocenters. The predicted molar refractivity (Wildman–Crippen MR) is 83.9 cm³/mol. The molecule has 2 N–H and O–H groups in total. The predicted octanol–water partition coefficient (Wildman–Crippen LogP) is 0.635. The van der Waals surface area contributed by atoms with E-state index in [1.807, 2.05) is 13.8 Å². The van der Waals surface area contributed by atoms with Crippen LogP contribution in [0.2, 0.25) is 0 Å².